The van der Waals surface area contributed by atoms with Crippen molar-refractivity contribution in [1.29, 1.82) is 0 Å². The molecule has 1 aliphatic heterocycles. The molecule has 4 rings (SSSR count). The summed E-state index contributed by atoms with van der Waals surface area (Å²) >= 11 is 0. The maximum Gasteiger partial charge on any atom is 0.336 e. The number of ether oxygens (including phenoxy) is 1. The summed E-state index contributed by atoms with van der Waals surface area (Å²) in [6.45, 7) is 1.54. The summed E-state index contributed by atoms with van der Waals surface area (Å²) in [6, 6.07) is 14.2. The fourth-order valence-electron chi connectivity index (χ4n) is 3.88. The van der Waals surface area contributed by atoms with Crippen LogP contribution in [0.3, 0.4) is 0 Å². The van der Waals surface area contributed by atoms with Gasteiger partial charge in [0.05, 0.1) is 11.5 Å². The van der Waals surface area contributed by atoms with Gasteiger partial charge in [0.15, 0.2) is 16.4 Å². The number of amides is 1. The van der Waals surface area contributed by atoms with Crippen LogP contribution < -0.4 is 10.4 Å². The number of likely N-dealkylation sites (N-methyl/N-ethyl adjacent to an activating group) is 1. The molecule has 0 unspecified atom stereocenters. The van der Waals surface area contributed by atoms with Crippen molar-refractivity contribution in [2.24, 2.45) is 0 Å². The van der Waals surface area contributed by atoms with Gasteiger partial charge in [-0.1, -0.05) is 30.3 Å². The van der Waals surface area contributed by atoms with Crippen molar-refractivity contribution in [3.05, 3.63) is 64.5 Å². The Morgan fingerprint density at radius 3 is 2.61 bits per heavy atom. The summed E-state index contributed by atoms with van der Waals surface area (Å²) in [6.07, 6.45) is 0.437. The van der Waals surface area contributed by atoms with Gasteiger partial charge in [0.2, 0.25) is 0 Å². The number of carbonyl (C=O) groups is 1. The molecule has 31 heavy (non-hydrogen) atoms. The molecule has 8 heteroatoms. The predicted molar refractivity (Wildman–Crippen MR) is 118 cm³/mol. The minimum Gasteiger partial charge on any atom is -0.483 e. The molecule has 7 nitrogen and oxygen atoms in total. The first kappa shape index (κ1) is 21.1. The number of rotatable bonds is 5. The van der Waals surface area contributed by atoms with E-state index in [1.807, 2.05) is 30.3 Å². The van der Waals surface area contributed by atoms with Crippen molar-refractivity contribution < 1.29 is 22.4 Å². The van der Waals surface area contributed by atoms with Gasteiger partial charge in [-0.05, 0) is 36.6 Å². The standard InChI is InChI=1S/C23H23NO6S/c1-15-20(29-13-21(25)24(2)17-10-11-31(27,28)14-17)9-8-18-19(12-22(26)30-23(15)18)16-6-4-3-5-7-16/h3-9,12,17H,10-11,13-14H2,1-2H3/t17-/m0/s1. The van der Waals surface area contributed by atoms with E-state index in [1.54, 1.807) is 26.1 Å². The molecule has 0 radical (unpaired) electrons. The minimum absolute atomic E-state index is 0.0162. The van der Waals surface area contributed by atoms with Crippen molar-refractivity contribution in [3.8, 4) is 16.9 Å². The van der Waals surface area contributed by atoms with Crippen LogP contribution in [0.2, 0.25) is 0 Å². The quantitative estimate of drug-likeness (QED) is 0.565. The molecular weight excluding hydrogens is 418 g/mol. The van der Waals surface area contributed by atoms with Crippen LogP contribution in [0.15, 0.2) is 57.7 Å². The first-order chi connectivity index (χ1) is 14.7. The third kappa shape index (κ3) is 4.34. The van der Waals surface area contributed by atoms with E-state index in [-0.39, 0.29) is 30.1 Å². The van der Waals surface area contributed by atoms with Crippen LogP contribution in [0, 0.1) is 6.92 Å². The second kappa shape index (κ2) is 8.19. The van der Waals surface area contributed by atoms with Gasteiger partial charge in [-0.3, -0.25) is 4.79 Å². The highest BCUT2D eigenvalue weighted by molar-refractivity contribution is 7.91. The third-order valence-electron chi connectivity index (χ3n) is 5.70. The molecule has 0 bridgehead atoms. The number of sulfone groups is 1. The number of hydrogen-bond acceptors (Lipinski definition) is 6. The predicted octanol–water partition coefficient (Wildman–Crippen LogP) is 2.79. The van der Waals surface area contributed by atoms with E-state index in [9.17, 15) is 18.0 Å². The van der Waals surface area contributed by atoms with Crippen molar-refractivity contribution in [2.45, 2.75) is 19.4 Å². The second-order valence-electron chi connectivity index (χ2n) is 7.76. The molecule has 0 spiro atoms. The number of carbonyl (C=O) groups excluding carboxylic acids is 1. The molecule has 0 N–H and O–H groups in total. The third-order valence-corrected chi connectivity index (χ3v) is 7.45. The first-order valence-electron chi connectivity index (χ1n) is 9.97. The van der Waals surface area contributed by atoms with E-state index in [2.05, 4.69) is 0 Å². The van der Waals surface area contributed by atoms with Gasteiger partial charge in [-0.15, -0.1) is 0 Å². The summed E-state index contributed by atoms with van der Waals surface area (Å²) in [4.78, 5) is 26.1. The lowest BCUT2D eigenvalue weighted by atomic mass is 10.0. The van der Waals surface area contributed by atoms with Gasteiger partial charge in [-0.2, -0.15) is 0 Å². The molecule has 1 aromatic heterocycles. The van der Waals surface area contributed by atoms with E-state index in [4.69, 9.17) is 9.15 Å². The molecule has 0 aliphatic carbocycles. The van der Waals surface area contributed by atoms with E-state index < -0.39 is 15.5 Å². The topological polar surface area (TPSA) is 93.9 Å². The number of aryl methyl sites for hydroxylation is 1. The minimum atomic E-state index is -3.08. The Labute approximate surface area is 180 Å². The molecule has 1 atom stereocenters. The molecular formula is C23H23NO6S. The summed E-state index contributed by atoms with van der Waals surface area (Å²) < 4.78 is 34.5. The summed E-state index contributed by atoms with van der Waals surface area (Å²) in [5.74, 6) is 0.211. The Balaban J connectivity index is 1.57. The lowest BCUT2D eigenvalue weighted by Gasteiger charge is -2.23. The average Bonchev–Trinajstić information content (AvgIpc) is 3.12. The normalized spacial score (nSPS) is 17.5. The fourth-order valence-corrected chi connectivity index (χ4v) is 5.66. The Bertz CT molecular complexity index is 1300. The Kier molecular flexibility index (Phi) is 5.58. The van der Waals surface area contributed by atoms with E-state index >= 15 is 0 Å². The summed E-state index contributed by atoms with van der Waals surface area (Å²) in [5.41, 5.74) is 2.22. The summed E-state index contributed by atoms with van der Waals surface area (Å²) in [5, 5.41) is 0.773. The number of fused-ring (bicyclic) bond motifs is 1. The maximum atomic E-state index is 12.5. The van der Waals surface area contributed by atoms with Crippen LogP contribution >= 0.6 is 0 Å². The molecule has 1 fully saturated rings. The van der Waals surface area contributed by atoms with Crippen LogP contribution in [0.4, 0.5) is 0 Å². The van der Waals surface area contributed by atoms with Crippen molar-refractivity contribution in [1.82, 2.24) is 4.90 Å². The smallest absolute Gasteiger partial charge is 0.336 e. The molecule has 1 saturated heterocycles. The fraction of sp³-hybridized carbons (Fsp3) is 0.304. The maximum absolute atomic E-state index is 12.5. The van der Waals surface area contributed by atoms with Gasteiger partial charge >= 0.3 is 5.63 Å². The van der Waals surface area contributed by atoms with Crippen LogP contribution in [-0.2, 0) is 14.6 Å². The zero-order valence-corrected chi connectivity index (χ0v) is 18.1. The van der Waals surface area contributed by atoms with Crippen molar-refractivity contribution in [2.75, 3.05) is 25.2 Å². The highest BCUT2D eigenvalue weighted by Gasteiger charge is 2.32. The van der Waals surface area contributed by atoms with Gasteiger partial charge in [0.1, 0.15) is 11.3 Å². The second-order valence-corrected chi connectivity index (χ2v) is 9.99. The molecule has 1 amide bonds. The number of benzene rings is 2. The monoisotopic (exact) mass is 441 g/mol. The largest absolute Gasteiger partial charge is 0.483 e. The zero-order valence-electron chi connectivity index (χ0n) is 17.3. The van der Waals surface area contributed by atoms with Gasteiger partial charge in [0.25, 0.3) is 5.91 Å². The molecule has 0 saturated carbocycles. The number of hydrogen-bond donors (Lipinski definition) is 0. The number of nitrogens with zero attached hydrogens (tertiary/aromatic N) is 1. The molecule has 2 aromatic carbocycles. The summed E-state index contributed by atoms with van der Waals surface area (Å²) in [7, 11) is -1.49. The molecule has 162 valence electrons. The SMILES string of the molecule is Cc1c(OCC(=O)N(C)[C@H]2CCS(=O)(=O)C2)ccc2c(-c3ccccc3)cc(=O)oc12. The molecule has 3 aromatic rings. The highest BCUT2D eigenvalue weighted by Crippen LogP contribution is 2.33. The Morgan fingerprint density at radius 2 is 1.94 bits per heavy atom. The van der Waals surface area contributed by atoms with E-state index in [1.165, 1.54) is 11.0 Å². The Morgan fingerprint density at radius 1 is 1.19 bits per heavy atom. The van der Waals surface area contributed by atoms with Gasteiger partial charge < -0.3 is 14.1 Å². The van der Waals surface area contributed by atoms with Crippen LogP contribution in [-0.4, -0.2) is 50.4 Å². The lowest BCUT2D eigenvalue weighted by Crippen LogP contribution is -2.40. The van der Waals surface area contributed by atoms with E-state index in [0.29, 0.717) is 23.3 Å². The van der Waals surface area contributed by atoms with Crippen LogP contribution in [0.5, 0.6) is 5.75 Å². The van der Waals surface area contributed by atoms with E-state index in [0.717, 1.165) is 16.5 Å². The zero-order chi connectivity index (χ0) is 22.2. The van der Waals surface area contributed by atoms with Gasteiger partial charge in [0, 0.05) is 30.1 Å². The van der Waals surface area contributed by atoms with Crippen molar-refractivity contribution >= 4 is 26.7 Å². The van der Waals surface area contributed by atoms with Crippen LogP contribution in [0.25, 0.3) is 22.1 Å². The van der Waals surface area contributed by atoms with Gasteiger partial charge in [-0.25, -0.2) is 13.2 Å². The highest BCUT2D eigenvalue weighted by atomic mass is 32.2. The first-order valence-corrected chi connectivity index (χ1v) is 11.8. The molecule has 1 aliphatic rings. The molecule has 2 heterocycles. The Hall–Kier alpha value is -3.13. The van der Waals surface area contributed by atoms with Crippen LogP contribution in [0.1, 0.15) is 12.0 Å². The van der Waals surface area contributed by atoms with Crippen molar-refractivity contribution in [3.63, 3.8) is 0 Å². The lowest BCUT2D eigenvalue weighted by molar-refractivity contribution is -0.133. The average molecular weight is 442 g/mol.